The quantitative estimate of drug-likeness (QED) is 0.380. The van der Waals surface area contributed by atoms with Gasteiger partial charge in [-0.1, -0.05) is 23.4 Å². The number of methoxy groups -OCH3 is 2. The monoisotopic (exact) mass is 490 g/mol. The predicted octanol–water partition coefficient (Wildman–Crippen LogP) is 5.40. The topological polar surface area (TPSA) is 87.5 Å². The summed E-state index contributed by atoms with van der Waals surface area (Å²) in [7, 11) is 3.16. The third kappa shape index (κ3) is 6.33. The SMILES string of the molecule is COc1ccc(OC(C)c2nnc(SCC(=O)Nc3cc(Cl)ccc3OC)n2C(C)C)cc1. The van der Waals surface area contributed by atoms with Gasteiger partial charge in [-0.25, -0.2) is 0 Å². The summed E-state index contributed by atoms with van der Waals surface area (Å²) in [6.07, 6.45) is -0.341. The van der Waals surface area contributed by atoms with E-state index in [1.54, 1.807) is 25.3 Å². The molecule has 0 radical (unpaired) electrons. The van der Waals surface area contributed by atoms with Gasteiger partial charge in [0.2, 0.25) is 5.91 Å². The van der Waals surface area contributed by atoms with E-state index in [1.165, 1.54) is 18.9 Å². The van der Waals surface area contributed by atoms with Crippen LogP contribution in [0, 0.1) is 0 Å². The van der Waals surface area contributed by atoms with Crippen LogP contribution in [0.25, 0.3) is 0 Å². The average Bonchev–Trinajstić information content (AvgIpc) is 3.23. The maximum absolute atomic E-state index is 12.6. The second-order valence-electron chi connectivity index (χ2n) is 7.42. The van der Waals surface area contributed by atoms with Crippen LogP contribution in [0.5, 0.6) is 17.2 Å². The largest absolute Gasteiger partial charge is 0.497 e. The Bertz CT molecular complexity index is 1090. The van der Waals surface area contributed by atoms with Crippen molar-refractivity contribution >= 4 is 35.0 Å². The van der Waals surface area contributed by atoms with Crippen LogP contribution in [0.1, 0.15) is 38.7 Å². The molecule has 0 fully saturated rings. The number of carbonyl (C=O) groups excluding carboxylic acids is 1. The second-order valence-corrected chi connectivity index (χ2v) is 8.80. The first-order valence-electron chi connectivity index (χ1n) is 10.3. The number of anilines is 1. The summed E-state index contributed by atoms with van der Waals surface area (Å²) in [5.41, 5.74) is 0.517. The fraction of sp³-hybridized carbons (Fsp3) is 0.348. The lowest BCUT2D eigenvalue weighted by Gasteiger charge is -2.19. The average molecular weight is 491 g/mol. The molecule has 176 valence electrons. The minimum Gasteiger partial charge on any atom is -0.497 e. The highest BCUT2D eigenvalue weighted by Gasteiger charge is 2.22. The molecule has 2 aromatic carbocycles. The smallest absolute Gasteiger partial charge is 0.234 e. The number of rotatable bonds is 10. The summed E-state index contributed by atoms with van der Waals surface area (Å²) in [6, 6.07) is 12.5. The van der Waals surface area contributed by atoms with E-state index >= 15 is 0 Å². The van der Waals surface area contributed by atoms with E-state index in [2.05, 4.69) is 15.5 Å². The first-order valence-corrected chi connectivity index (χ1v) is 11.7. The molecule has 1 aromatic heterocycles. The Hall–Kier alpha value is -2.91. The molecular formula is C23H27ClN4O4S. The van der Waals surface area contributed by atoms with Gasteiger partial charge in [-0.15, -0.1) is 10.2 Å². The Morgan fingerprint density at radius 2 is 1.76 bits per heavy atom. The van der Waals surface area contributed by atoms with Crippen LogP contribution in [0.15, 0.2) is 47.6 Å². The van der Waals surface area contributed by atoms with Gasteiger partial charge in [-0.2, -0.15) is 0 Å². The molecule has 0 saturated carbocycles. The highest BCUT2D eigenvalue weighted by atomic mass is 35.5. The number of amides is 1. The van der Waals surface area contributed by atoms with E-state index in [9.17, 15) is 4.79 Å². The standard InChI is InChI=1S/C23H27ClN4O4S/c1-14(2)28-22(15(3)32-18-9-7-17(30-4)8-10-18)26-27-23(28)33-13-21(29)25-19-12-16(24)6-11-20(19)31-5/h6-12,14-15H,13H2,1-5H3,(H,25,29). The summed E-state index contributed by atoms with van der Waals surface area (Å²) >= 11 is 7.34. The number of nitrogens with zero attached hydrogens (tertiary/aromatic N) is 3. The molecule has 0 aliphatic carbocycles. The fourth-order valence-corrected chi connectivity index (χ4v) is 4.20. The Balaban J connectivity index is 1.68. The molecule has 0 aliphatic heterocycles. The van der Waals surface area contributed by atoms with E-state index < -0.39 is 0 Å². The van der Waals surface area contributed by atoms with Gasteiger partial charge >= 0.3 is 0 Å². The van der Waals surface area contributed by atoms with E-state index in [-0.39, 0.29) is 23.8 Å². The zero-order valence-electron chi connectivity index (χ0n) is 19.2. The fourth-order valence-electron chi connectivity index (χ4n) is 3.15. The number of thioether (sulfide) groups is 1. The molecule has 1 N–H and O–H groups in total. The molecule has 0 aliphatic rings. The number of benzene rings is 2. The van der Waals surface area contributed by atoms with Crippen molar-refractivity contribution in [1.29, 1.82) is 0 Å². The highest BCUT2D eigenvalue weighted by molar-refractivity contribution is 7.99. The summed E-state index contributed by atoms with van der Waals surface area (Å²) in [5.74, 6) is 2.62. The lowest BCUT2D eigenvalue weighted by molar-refractivity contribution is -0.113. The predicted molar refractivity (Wildman–Crippen MR) is 130 cm³/mol. The van der Waals surface area contributed by atoms with Gasteiger partial charge in [0.1, 0.15) is 17.2 Å². The molecule has 0 bridgehead atoms. The molecule has 10 heteroatoms. The van der Waals surface area contributed by atoms with Crippen LogP contribution in [0.4, 0.5) is 5.69 Å². The van der Waals surface area contributed by atoms with Gasteiger partial charge in [0.15, 0.2) is 17.1 Å². The Labute approximate surface area is 202 Å². The molecule has 0 saturated heterocycles. The van der Waals surface area contributed by atoms with Gasteiger partial charge in [0, 0.05) is 11.1 Å². The lowest BCUT2D eigenvalue weighted by Crippen LogP contribution is -2.17. The van der Waals surface area contributed by atoms with Crippen LogP contribution >= 0.6 is 23.4 Å². The molecule has 1 atom stereocenters. The summed E-state index contributed by atoms with van der Waals surface area (Å²) < 4.78 is 18.5. The normalized spacial score (nSPS) is 11.8. The van der Waals surface area contributed by atoms with Crippen LogP contribution in [0.3, 0.4) is 0 Å². The highest BCUT2D eigenvalue weighted by Crippen LogP contribution is 2.30. The van der Waals surface area contributed by atoms with Gasteiger partial charge < -0.3 is 24.1 Å². The third-order valence-corrected chi connectivity index (χ3v) is 5.89. The summed E-state index contributed by atoms with van der Waals surface area (Å²) in [6.45, 7) is 5.99. The number of ether oxygens (including phenoxy) is 3. The van der Waals surface area contributed by atoms with Crippen molar-refractivity contribution in [3.05, 3.63) is 53.3 Å². The molecule has 1 unspecified atom stereocenters. The number of aromatic nitrogens is 3. The van der Waals surface area contributed by atoms with Crippen LogP contribution < -0.4 is 19.5 Å². The van der Waals surface area contributed by atoms with Gasteiger partial charge in [0.25, 0.3) is 0 Å². The van der Waals surface area contributed by atoms with E-state index in [1.807, 2.05) is 49.6 Å². The number of hydrogen-bond acceptors (Lipinski definition) is 7. The van der Waals surface area contributed by atoms with Crippen molar-refractivity contribution in [1.82, 2.24) is 14.8 Å². The zero-order chi connectivity index (χ0) is 24.0. The molecule has 0 spiro atoms. The molecule has 1 amide bonds. The molecular weight excluding hydrogens is 464 g/mol. The number of halogens is 1. The first kappa shape index (κ1) is 24.7. The number of nitrogens with one attached hydrogen (secondary N) is 1. The number of hydrogen-bond donors (Lipinski definition) is 1. The summed E-state index contributed by atoms with van der Waals surface area (Å²) in [4.78, 5) is 12.6. The first-order chi connectivity index (χ1) is 15.8. The molecule has 33 heavy (non-hydrogen) atoms. The van der Waals surface area contributed by atoms with Crippen LogP contribution in [-0.4, -0.2) is 40.6 Å². The Morgan fingerprint density at radius 1 is 1.06 bits per heavy atom. The lowest BCUT2D eigenvalue weighted by atomic mass is 10.3. The van der Waals surface area contributed by atoms with Gasteiger partial charge in [-0.3, -0.25) is 4.79 Å². The minimum absolute atomic E-state index is 0.0792. The van der Waals surface area contributed by atoms with E-state index in [0.29, 0.717) is 33.2 Å². The second kappa shape index (κ2) is 11.3. The van der Waals surface area contributed by atoms with E-state index in [4.69, 9.17) is 25.8 Å². The molecule has 1 heterocycles. The maximum atomic E-state index is 12.6. The summed E-state index contributed by atoms with van der Waals surface area (Å²) in [5, 5.41) is 12.6. The van der Waals surface area contributed by atoms with Crippen molar-refractivity contribution in [3.8, 4) is 17.2 Å². The van der Waals surface area contributed by atoms with Crippen molar-refractivity contribution in [2.75, 3.05) is 25.3 Å². The molecule has 3 rings (SSSR count). The van der Waals surface area contributed by atoms with Crippen molar-refractivity contribution in [2.24, 2.45) is 0 Å². The minimum atomic E-state index is -0.341. The molecule has 3 aromatic rings. The molecule has 8 nitrogen and oxygen atoms in total. The van der Waals surface area contributed by atoms with Gasteiger partial charge in [0.05, 0.1) is 25.7 Å². The van der Waals surface area contributed by atoms with Gasteiger partial charge in [-0.05, 0) is 63.2 Å². The van der Waals surface area contributed by atoms with Crippen molar-refractivity contribution < 1.29 is 19.0 Å². The van der Waals surface area contributed by atoms with Crippen LogP contribution in [-0.2, 0) is 4.79 Å². The Kier molecular flexibility index (Phi) is 8.46. The number of carbonyl (C=O) groups is 1. The van der Waals surface area contributed by atoms with Crippen molar-refractivity contribution in [2.45, 2.75) is 38.1 Å². The van der Waals surface area contributed by atoms with Crippen LogP contribution in [0.2, 0.25) is 5.02 Å². The Morgan fingerprint density at radius 3 is 2.39 bits per heavy atom. The maximum Gasteiger partial charge on any atom is 0.234 e. The zero-order valence-corrected chi connectivity index (χ0v) is 20.7. The van der Waals surface area contributed by atoms with Crippen molar-refractivity contribution in [3.63, 3.8) is 0 Å². The van der Waals surface area contributed by atoms with E-state index in [0.717, 1.165) is 5.75 Å². The third-order valence-electron chi connectivity index (χ3n) is 4.71.